The molecule has 3 aliphatic rings. The van der Waals surface area contributed by atoms with Crippen LogP contribution in [0.4, 0.5) is 0 Å². The lowest BCUT2D eigenvalue weighted by Gasteiger charge is -2.43. The molecule has 1 aromatic heterocycles. The molecule has 0 bridgehead atoms. The standard InChI is InChI=1S/C19H29N5O3/c25-18(23-10-12-27-13-11-23)15-2-1-7-24(14-15)16-4-8-22(9-5-16)19(26)17-3-6-20-21-17/h3,6,15-16H,1-2,4-5,7-14H2,(H,20,21)/t15-/m1/s1. The number of hydrogen-bond donors (Lipinski definition) is 1. The highest BCUT2D eigenvalue weighted by atomic mass is 16.5. The van der Waals surface area contributed by atoms with E-state index in [1.807, 2.05) is 9.80 Å². The number of carbonyl (C=O) groups is 2. The summed E-state index contributed by atoms with van der Waals surface area (Å²) in [5.74, 6) is 0.446. The summed E-state index contributed by atoms with van der Waals surface area (Å²) < 4.78 is 5.37. The van der Waals surface area contributed by atoms with E-state index in [4.69, 9.17) is 4.74 Å². The molecular formula is C19H29N5O3. The number of piperidine rings is 2. The smallest absolute Gasteiger partial charge is 0.271 e. The molecule has 1 aromatic rings. The van der Waals surface area contributed by atoms with Gasteiger partial charge in [-0.05, 0) is 38.3 Å². The van der Waals surface area contributed by atoms with Crippen LogP contribution in [-0.2, 0) is 9.53 Å². The van der Waals surface area contributed by atoms with Gasteiger partial charge in [-0.3, -0.25) is 19.6 Å². The molecule has 1 N–H and O–H groups in total. The van der Waals surface area contributed by atoms with Gasteiger partial charge in [-0.25, -0.2) is 0 Å². The molecule has 3 saturated heterocycles. The van der Waals surface area contributed by atoms with Gasteiger partial charge in [-0.1, -0.05) is 0 Å². The predicted molar refractivity (Wildman–Crippen MR) is 99.2 cm³/mol. The minimum atomic E-state index is 0.0324. The van der Waals surface area contributed by atoms with Crippen LogP contribution in [0.25, 0.3) is 0 Å². The fraction of sp³-hybridized carbons (Fsp3) is 0.737. The minimum Gasteiger partial charge on any atom is -0.378 e. The van der Waals surface area contributed by atoms with Crippen molar-refractivity contribution in [3.8, 4) is 0 Å². The lowest BCUT2D eigenvalue weighted by Crippen LogP contribution is -2.53. The Balaban J connectivity index is 1.29. The topological polar surface area (TPSA) is 81.8 Å². The number of H-pyrrole nitrogens is 1. The van der Waals surface area contributed by atoms with Crippen molar-refractivity contribution in [3.05, 3.63) is 18.0 Å². The van der Waals surface area contributed by atoms with Crippen LogP contribution in [0.1, 0.15) is 36.2 Å². The molecule has 0 aliphatic carbocycles. The Kier molecular flexibility index (Phi) is 5.73. The van der Waals surface area contributed by atoms with E-state index in [1.165, 1.54) is 0 Å². The highest BCUT2D eigenvalue weighted by molar-refractivity contribution is 5.92. The van der Waals surface area contributed by atoms with Gasteiger partial charge in [0.1, 0.15) is 5.69 Å². The molecule has 2 amide bonds. The summed E-state index contributed by atoms with van der Waals surface area (Å²) in [5, 5.41) is 6.62. The maximum atomic E-state index is 12.8. The lowest BCUT2D eigenvalue weighted by atomic mass is 9.92. The number of ether oxygens (including phenoxy) is 1. The van der Waals surface area contributed by atoms with Crippen LogP contribution in [0.3, 0.4) is 0 Å². The zero-order chi connectivity index (χ0) is 18.6. The summed E-state index contributed by atoms with van der Waals surface area (Å²) in [5.41, 5.74) is 0.558. The van der Waals surface area contributed by atoms with Gasteiger partial charge in [-0.15, -0.1) is 0 Å². The van der Waals surface area contributed by atoms with Crippen LogP contribution < -0.4 is 0 Å². The molecule has 4 heterocycles. The van der Waals surface area contributed by atoms with Crippen molar-refractivity contribution in [2.24, 2.45) is 5.92 Å². The summed E-state index contributed by atoms with van der Waals surface area (Å²) in [6.07, 6.45) is 5.62. The number of carbonyl (C=O) groups excluding carboxylic acids is 2. The number of hydrogen-bond acceptors (Lipinski definition) is 5. The van der Waals surface area contributed by atoms with Crippen molar-refractivity contribution in [1.29, 1.82) is 0 Å². The summed E-state index contributed by atoms with van der Waals surface area (Å²) in [6, 6.07) is 2.19. The van der Waals surface area contributed by atoms with Crippen LogP contribution in [0, 0.1) is 5.92 Å². The minimum absolute atomic E-state index is 0.0324. The second kappa shape index (κ2) is 8.39. The maximum Gasteiger partial charge on any atom is 0.271 e. The van der Waals surface area contributed by atoms with Gasteiger partial charge in [0, 0.05) is 45.0 Å². The zero-order valence-electron chi connectivity index (χ0n) is 15.8. The first-order chi connectivity index (χ1) is 13.2. The fourth-order valence-electron chi connectivity index (χ4n) is 4.56. The molecule has 148 valence electrons. The first-order valence-corrected chi connectivity index (χ1v) is 10.1. The number of amides is 2. The van der Waals surface area contributed by atoms with Gasteiger partial charge < -0.3 is 14.5 Å². The number of nitrogens with zero attached hydrogens (tertiary/aromatic N) is 4. The second-order valence-electron chi connectivity index (χ2n) is 7.77. The molecule has 0 aromatic carbocycles. The molecule has 8 nitrogen and oxygen atoms in total. The Hall–Kier alpha value is -1.93. The quantitative estimate of drug-likeness (QED) is 0.836. The zero-order valence-corrected chi connectivity index (χ0v) is 15.8. The molecule has 8 heteroatoms. The Morgan fingerprint density at radius 2 is 1.81 bits per heavy atom. The van der Waals surface area contributed by atoms with Crippen LogP contribution in [0.15, 0.2) is 12.3 Å². The van der Waals surface area contributed by atoms with Crippen LogP contribution in [0.5, 0.6) is 0 Å². The predicted octanol–water partition coefficient (Wildman–Crippen LogP) is 0.585. The SMILES string of the molecule is O=C(c1ccn[nH]1)N1CCC(N2CCC[C@@H](C(=O)N3CCOCC3)C2)CC1. The molecule has 0 spiro atoms. The number of likely N-dealkylation sites (tertiary alicyclic amines) is 2. The molecule has 4 rings (SSSR count). The van der Waals surface area contributed by atoms with Crippen molar-refractivity contribution in [2.75, 3.05) is 52.5 Å². The largest absolute Gasteiger partial charge is 0.378 e. The number of aromatic nitrogens is 2. The average molecular weight is 375 g/mol. The summed E-state index contributed by atoms with van der Waals surface area (Å²) >= 11 is 0. The number of morpholine rings is 1. The molecule has 27 heavy (non-hydrogen) atoms. The van der Waals surface area contributed by atoms with Crippen molar-refractivity contribution >= 4 is 11.8 Å². The lowest BCUT2D eigenvalue weighted by molar-refractivity contribution is -0.141. The molecule has 1 atom stereocenters. The molecule has 3 aliphatic heterocycles. The normalized spacial score (nSPS) is 25.6. The highest BCUT2D eigenvalue weighted by Gasteiger charge is 2.34. The van der Waals surface area contributed by atoms with Crippen molar-refractivity contribution in [1.82, 2.24) is 24.9 Å². The van der Waals surface area contributed by atoms with Crippen LogP contribution >= 0.6 is 0 Å². The van der Waals surface area contributed by atoms with Crippen LogP contribution in [-0.4, -0.2) is 95.2 Å². The molecule has 3 fully saturated rings. The van der Waals surface area contributed by atoms with E-state index in [0.29, 0.717) is 30.9 Å². The van der Waals surface area contributed by atoms with Gasteiger partial charge in [0.2, 0.25) is 5.91 Å². The molecule has 0 saturated carbocycles. The third-order valence-electron chi connectivity index (χ3n) is 6.12. The van der Waals surface area contributed by atoms with E-state index in [9.17, 15) is 9.59 Å². The van der Waals surface area contributed by atoms with E-state index in [1.54, 1.807) is 12.3 Å². The number of aromatic amines is 1. The fourth-order valence-corrected chi connectivity index (χ4v) is 4.56. The Bertz CT molecular complexity index is 636. The summed E-state index contributed by atoms with van der Waals surface area (Å²) in [7, 11) is 0. The Morgan fingerprint density at radius 1 is 1.04 bits per heavy atom. The molecule has 0 radical (unpaired) electrons. The van der Waals surface area contributed by atoms with E-state index >= 15 is 0 Å². The Morgan fingerprint density at radius 3 is 2.52 bits per heavy atom. The summed E-state index contributed by atoms with van der Waals surface area (Å²) in [4.78, 5) is 31.6. The number of rotatable bonds is 3. The van der Waals surface area contributed by atoms with Gasteiger partial charge >= 0.3 is 0 Å². The number of nitrogens with one attached hydrogen (secondary N) is 1. The van der Waals surface area contributed by atoms with E-state index in [0.717, 1.165) is 65.0 Å². The van der Waals surface area contributed by atoms with Gasteiger partial charge in [0.05, 0.1) is 19.1 Å². The second-order valence-corrected chi connectivity index (χ2v) is 7.77. The Labute approximate surface area is 159 Å². The van der Waals surface area contributed by atoms with E-state index in [2.05, 4.69) is 15.1 Å². The first kappa shape index (κ1) is 18.4. The third-order valence-corrected chi connectivity index (χ3v) is 6.12. The van der Waals surface area contributed by atoms with Gasteiger partial charge in [-0.2, -0.15) is 5.10 Å². The van der Waals surface area contributed by atoms with Crippen molar-refractivity contribution < 1.29 is 14.3 Å². The van der Waals surface area contributed by atoms with Gasteiger partial charge in [0.25, 0.3) is 5.91 Å². The van der Waals surface area contributed by atoms with E-state index in [-0.39, 0.29) is 11.8 Å². The van der Waals surface area contributed by atoms with Gasteiger partial charge in [0.15, 0.2) is 0 Å². The third kappa shape index (κ3) is 4.16. The highest BCUT2D eigenvalue weighted by Crippen LogP contribution is 2.25. The first-order valence-electron chi connectivity index (χ1n) is 10.1. The van der Waals surface area contributed by atoms with E-state index < -0.39 is 0 Å². The average Bonchev–Trinajstić information content (AvgIpc) is 3.28. The molecule has 0 unspecified atom stereocenters. The summed E-state index contributed by atoms with van der Waals surface area (Å²) in [6.45, 7) is 6.21. The van der Waals surface area contributed by atoms with Crippen molar-refractivity contribution in [3.63, 3.8) is 0 Å². The maximum absolute atomic E-state index is 12.8. The monoisotopic (exact) mass is 375 g/mol. The van der Waals surface area contributed by atoms with Crippen LogP contribution in [0.2, 0.25) is 0 Å². The van der Waals surface area contributed by atoms with Crippen molar-refractivity contribution in [2.45, 2.75) is 31.7 Å². The molecular weight excluding hydrogens is 346 g/mol.